The van der Waals surface area contributed by atoms with E-state index in [0.717, 1.165) is 32.8 Å². The molecule has 0 aromatic heterocycles. The molecule has 0 aliphatic rings. The number of para-hydroxylation sites is 1. The summed E-state index contributed by atoms with van der Waals surface area (Å²) in [6, 6.07) is 23.5. The first kappa shape index (κ1) is 30.9. The van der Waals surface area contributed by atoms with E-state index in [1.54, 1.807) is 12.1 Å². The molecule has 8 heteroatoms. The van der Waals surface area contributed by atoms with Gasteiger partial charge < -0.3 is 10.2 Å². The van der Waals surface area contributed by atoms with Gasteiger partial charge in [0.1, 0.15) is 12.6 Å². The van der Waals surface area contributed by atoms with Gasteiger partial charge >= 0.3 is 0 Å². The molecule has 0 spiro atoms. The minimum Gasteiger partial charge on any atom is -0.352 e. The second kappa shape index (κ2) is 13.6. The van der Waals surface area contributed by atoms with Gasteiger partial charge in [-0.3, -0.25) is 13.9 Å². The number of nitrogens with zero attached hydrogens (tertiary/aromatic N) is 2. The second-order valence-corrected chi connectivity index (χ2v) is 12.7. The van der Waals surface area contributed by atoms with E-state index in [4.69, 9.17) is 0 Å². The molecule has 0 fully saturated rings. The standard InChI is InChI=1S/C32H41N3O4S/c1-23(2)28-18-12-13-19-29(28)35(40(6,38)39)22-31(36)34(21-27-17-11-10-14-25(27)5)30(32(37)33-24(3)4)20-26-15-8-7-9-16-26/h7-19,23-24,30H,20-22H2,1-6H3,(H,33,37). The molecule has 0 bridgehead atoms. The fourth-order valence-electron chi connectivity index (χ4n) is 4.70. The molecule has 1 atom stereocenters. The fourth-order valence-corrected chi connectivity index (χ4v) is 5.57. The maximum atomic E-state index is 14.2. The molecule has 40 heavy (non-hydrogen) atoms. The van der Waals surface area contributed by atoms with Crippen LogP contribution in [-0.4, -0.2) is 50.0 Å². The number of carbonyl (C=O) groups excluding carboxylic acids is 2. The van der Waals surface area contributed by atoms with Gasteiger partial charge in [-0.05, 0) is 55.0 Å². The van der Waals surface area contributed by atoms with Crippen LogP contribution in [0.2, 0.25) is 0 Å². The van der Waals surface area contributed by atoms with E-state index in [-0.39, 0.29) is 24.4 Å². The molecule has 0 radical (unpaired) electrons. The molecular formula is C32H41N3O4S. The molecule has 3 aromatic rings. The fraction of sp³-hybridized carbons (Fsp3) is 0.375. The van der Waals surface area contributed by atoms with Crippen LogP contribution >= 0.6 is 0 Å². The average molecular weight is 564 g/mol. The summed E-state index contributed by atoms with van der Waals surface area (Å²) in [6.45, 7) is 9.42. The number of amides is 2. The maximum Gasteiger partial charge on any atom is 0.244 e. The van der Waals surface area contributed by atoms with Crippen LogP contribution in [0.25, 0.3) is 0 Å². The Hall–Kier alpha value is -3.65. The van der Waals surface area contributed by atoms with Crippen molar-refractivity contribution >= 4 is 27.5 Å². The average Bonchev–Trinajstić information content (AvgIpc) is 2.89. The normalized spacial score (nSPS) is 12.3. The monoisotopic (exact) mass is 563 g/mol. The maximum absolute atomic E-state index is 14.2. The number of nitrogens with one attached hydrogen (secondary N) is 1. The summed E-state index contributed by atoms with van der Waals surface area (Å²) in [5, 5.41) is 2.97. The molecule has 2 amide bonds. The predicted octanol–water partition coefficient (Wildman–Crippen LogP) is 5.05. The Morgan fingerprint density at radius 1 is 0.850 bits per heavy atom. The molecule has 0 saturated heterocycles. The molecule has 1 N–H and O–H groups in total. The first-order valence-corrected chi connectivity index (χ1v) is 15.5. The Labute approximate surface area is 239 Å². The van der Waals surface area contributed by atoms with E-state index in [0.29, 0.717) is 12.1 Å². The predicted molar refractivity (Wildman–Crippen MR) is 162 cm³/mol. The van der Waals surface area contributed by atoms with Gasteiger partial charge in [-0.2, -0.15) is 0 Å². The third-order valence-corrected chi connectivity index (χ3v) is 7.94. The van der Waals surface area contributed by atoms with Crippen molar-refractivity contribution in [3.05, 3.63) is 101 Å². The second-order valence-electron chi connectivity index (χ2n) is 10.8. The van der Waals surface area contributed by atoms with E-state index in [1.807, 2.05) is 101 Å². The van der Waals surface area contributed by atoms with Crippen molar-refractivity contribution in [2.24, 2.45) is 0 Å². The Morgan fingerprint density at radius 2 is 1.45 bits per heavy atom. The summed E-state index contributed by atoms with van der Waals surface area (Å²) in [6.07, 6.45) is 1.40. The minimum absolute atomic E-state index is 0.0428. The topological polar surface area (TPSA) is 86.8 Å². The Bertz CT molecular complexity index is 1400. The van der Waals surface area contributed by atoms with Crippen LogP contribution in [0.1, 0.15) is 55.9 Å². The molecule has 0 heterocycles. The van der Waals surface area contributed by atoms with Gasteiger partial charge in [-0.15, -0.1) is 0 Å². The third-order valence-electron chi connectivity index (χ3n) is 6.81. The number of benzene rings is 3. The zero-order chi connectivity index (χ0) is 29.4. The van der Waals surface area contributed by atoms with Crippen LogP contribution in [-0.2, 0) is 32.6 Å². The molecule has 0 aliphatic carbocycles. The van der Waals surface area contributed by atoms with Crippen LogP contribution < -0.4 is 9.62 Å². The van der Waals surface area contributed by atoms with Crippen molar-refractivity contribution in [2.75, 3.05) is 17.1 Å². The van der Waals surface area contributed by atoms with E-state index in [9.17, 15) is 18.0 Å². The van der Waals surface area contributed by atoms with Crippen molar-refractivity contribution in [1.82, 2.24) is 10.2 Å². The highest BCUT2D eigenvalue weighted by Crippen LogP contribution is 2.29. The van der Waals surface area contributed by atoms with Gasteiger partial charge in [0.2, 0.25) is 21.8 Å². The molecule has 0 saturated carbocycles. The molecule has 3 rings (SSSR count). The van der Waals surface area contributed by atoms with Crippen LogP contribution in [0.5, 0.6) is 0 Å². The van der Waals surface area contributed by atoms with Crippen LogP contribution in [0.4, 0.5) is 5.69 Å². The molecule has 7 nitrogen and oxygen atoms in total. The molecule has 0 aliphatic heterocycles. The van der Waals surface area contributed by atoms with E-state index >= 15 is 0 Å². The first-order valence-electron chi connectivity index (χ1n) is 13.6. The lowest BCUT2D eigenvalue weighted by molar-refractivity contribution is -0.140. The number of carbonyl (C=O) groups is 2. The summed E-state index contributed by atoms with van der Waals surface area (Å²) < 4.78 is 27.3. The number of anilines is 1. The summed E-state index contributed by atoms with van der Waals surface area (Å²) >= 11 is 0. The minimum atomic E-state index is -3.82. The van der Waals surface area contributed by atoms with Gasteiger partial charge in [-0.1, -0.05) is 86.6 Å². The summed E-state index contributed by atoms with van der Waals surface area (Å²) in [7, 11) is -3.82. The van der Waals surface area contributed by atoms with Crippen molar-refractivity contribution in [2.45, 2.75) is 65.6 Å². The molecule has 1 unspecified atom stereocenters. The highest BCUT2D eigenvalue weighted by Gasteiger charge is 2.34. The smallest absolute Gasteiger partial charge is 0.244 e. The number of sulfonamides is 1. The van der Waals surface area contributed by atoms with Crippen molar-refractivity contribution in [3.8, 4) is 0 Å². The van der Waals surface area contributed by atoms with E-state index in [2.05, 4.69) is 5.32 Å². The largest absolute Gasteiger partial charge is 0.352 e. The molecule has 214 valence electrons. The van der Waals surface area contributed by atoms with E-state index in [1.165, 1.54) is 4.90 Å². The van der Waals surface area contributed by atoms with Gasteiger partial charge in [-0.25, -0.2) is 8.42 Å². The van der Waals surface area contributed by atoms with Crippen LogP contribution in [0.15, 0.2) is 78.9 Å². The lowest BCUT2D eigenvalue weighted by atomic mass is 10.0. The number of rotatable bonds is 12. The van der Waals surface area contributed by atoms with Crippen molar-refractivity contribution < 1.29 is 18.0 Å². The van der Waals surface area contributed by atoms with Gasteiger partial charge in [0, 0.05) is 19.0 Å². The highest BCUT2D eigenvalue weighted by atomic mass is 32.2. The SMILES string of the molecule is Cc1ccccc1CN(C(=O)CN(c1ccccc1C(C)C)S(C)(=O)=O)C(Cc1ccccc1)C(=O)NC(C)C. The first-order chi connectivity index (χ1) is 18.9. The zero-order valence-electron chi connectivity index (χ0n) is 24.3. The summed E-state index contributed by atoms with van der Waals surface area (Å²) in [5.74, 6) is -0.692. The van der Waals surface area contributed by atoms with Crippen molar-refractivity contribution in [3.63, 3.8) is 0 Å². The van der Waals surface area contributed by atoms with Gasteiger partial charge in [0.05, 0.1) is 11.9 Å². The number of hydrogen-bond donors (Lipinski definition) is 1. The Morgan fingerprint density at radius 3 is 2.05 bits per heavy atom. The van der Waals surface area contributed by atoms with Crippen molar-refractivity contribution in [1.29, 1.82) is 0 Å². The van der Waals surface area contributed by atoms with Crippen LogP contribution in [0.3, 0.4) is 0 Å². The van der Waals surface area contributed by atoms with Crippen LogP contribution in [0, 0.1) is 6.92 Å². The number of aryl methyl sites for hydroxylation is 1. The third kappa shape index (κ3) is 8.18. The quantitative estimate of drug-likeness (QED) is 0.334. The lowest BCUT2D eigenvalue weighted by Gasteiger charge is -2.34. The Balaban J connectivity index is 2.10. The number of hydrogen-bond acceptors (Lipinski definition) is 4. The zero-order valence-corrected chi connectivity index (χ0v) is 25.1. The highest BCUT2D eigenvalue weighted by molar-refractivity contribution is 7.92. The van der Waals surface area contributed by atoms with Gasteiger partial charge in [0.15, 0.2) is 0 Å². The van der Waals surface area contributed by atoms with Gasteiger partial charge in [0.25, 0.3) is 0 Å². The summed E-state index contributed by atoms with van der Waals surface area (Å²) in [5.41, 5.74) is 4.06. The Kier molecular flexibility index (Phi) is 10.5. The summed E-state index contributed by atoms with van der Waals surface area (Å²) in [4.78, 5) is 29.4. The van der Waals surface area contributed by atoms with E-state index < -0.39 is 28.5 Å². The molecule has 3 aromatic carbocycles. The lowest BCUT2D eigenvalue weighted by Crippen LogP contribution is -2.54. The molecular weight excluding hydrogens is 522 g/mol.